The van der Waals surface area contributed by atoms with Crippen LogP contribution in [0.2, 0.25) is 0 Å². The van der Waals surface area contributed by atoms with Crippen molar-refractivity contribution in [3.63, 3.8) is 0 Å². The van der Waals surface area contributed by atoms with Crippen molar-refractivity contribution in [2.45, 2.75) is 32.7 Å². The summed E-state index contributed by atoms with van der Waals surface area (Å²) in [6.45, 7) is 3.17. The number of esters is 1. The Morgan fingerprint density at radius 1 is 1.25 bits per heavy atom. The molecule has 0 N–H and O–H groups in total. The van der Waals surface area contributed by atoms with Gasteiger partial charge in [0.15, 0.2) is 16.4 Å². The number of aryl methyl sites for hydroxylation is 1. The van der Waals surface area contributed by atoms with Crippen molar-refractivity contribution in [2.24, 2.45) is 0 Å². The van der Waals surface area contributed by atoms with Crippen LogP contribution in [0.4, 0.5) is 4.39 Å². The van der Waals surface area contributed by atoms with Crippen LogP contribution in [-0.2, 0) is 25.8 Å². The average Bonchev–Trinajstić information content (AvgIpc) is 3.11. The minimum atomic E-state index is -3.04. The predicted molar refractivity (Wildman–Crippen MR) is 102 cm³/mol. The zero-order valence-electron chi connectivity index (χ0n) is 15.8. The second-order valence-electron chi connectivity index (χ2n) is 7.10. The summed E-state index contributed by atoms with van der Waals surface area (Å²) in [5, 5.41) is 0. The number of ketones is 1. The summed E-state index contributed by atoms with van der Waals surface area (Å²) in [5.74, 6) is -1.19. The second-order valence-corrected chi connectivity index (χ2v) is 9.33. The van der Waals surface area contributed by atoms with E-state index in [4.69, 9.17) is 4.74 Å². The number of hydrogen-bond acceptors (Lipinski definition) is 5. The number of carbonyl (C=O) groups is 2. The summed E-state index contributed by atoms with van der Waals surface area (Å²) in [7, 11) is -3.04. The molecule has 1 fully saturated rings. The van der Waals surface area contributed by atoms with Gasteiger partial charge in [0.2, 0.25) is 5.78 Å². The van der Waals surface area contributed by atoms with Gasteiger partial charge < -0.3 is 9.30 Å². The van der Waals surface area contributed by atoms with Crippen LogP contribution in [0, 0.1) is 19.7 Å². The van der Waals surface area contributed by atoms with Crippen LogP contribution in [0.1, 0.15) is 39.8 Å². The van der Waals surface area contributed by atoms with Crippen LogP contribution in [0.15, 0.2) is 30.3 Å². The number of halogens is 1. The van der Waals surface area contributed by atoms with Gasteiger partial charge in [-0.3, -0.25) is 9.59 Å². The molecule has 0 unspecified atom stereocenters. The number of sulfone groups is 1. The maximum absolute atomic E-state index is 13.2. The highest BCUT2D eigenvalue weighted by Crippen LogP contribution is 2.29. The fourth-order valence-electron chi connectivity index (χ4n) is 3.69. The number of Topliss-reactive ketones (excluding diaryl/α,β-unsaturated/α-hetero) is 1. The lowest BCUT2D eigenvalue weighted by Gasteiger charge is -2.16. The quantitative estimate of drug-likeness (QED) is 0.543. The molecule has 1 saturated heterocycles. The molecule has 3 rings (SSSR count). The molecule has 2 aromatic rings. The predicted octanol–water partition coefficient (Wildman–Crippen LogP) is 2.57. The maximum atomic E-state index is 13.2. The van der Waals surface area contributed by atoms with E-state index in [1.807, 2.05) is 11.5 Å². The second kappa shape index (κ2) is 7.87. The molecule has 1 aliphatic rings. The Hall–Kier alpha value is -2.48. The van der Waals surface area contributed by atoms with Crippen molar-refractivity contribution in [1.82, 2.24) is 4.57 Å². The van der Waals surface area contributed by atoms with E-state index in [0.717, 1.165) is 5.69 Å². The highest BCUT2D eigenvalue weighted by Gasteiger charge is 2.31. The highest BCUT2D eigenvalue weighted by atomic mass is 32.2. The Labute approximate surface area is 163 Å². The molecular weight excluding hydrogens is 385 g/mol. The molecular formula is C20H22FNO5S. The average molecular weight is 407 g/mol. The van der Waals surface area contributed by atoms with Crippen LogP contribution in [0.5, 0.6) is 0 Å². The molecule has 150 valence electrons. The molecule has 1 aromatic carbocycles. The Bertz CT molecular complexity index is 1030. The Kier molecular flexibility index (Phi) is 5.69. The van der Waals surface area contributed by atoms with E-state index in [2.05, 4.69) is 0 Å². The summed E-state index contributed by atoms with van der Waals surface area (Å²) in [6, 6.07) is 7.15. The van der Waals surface area contributed by atoms with Gasteiger partial charge in [-0.1, -0.05) is 12.1 Å². The van der Waals surface area contributed by atoms with Crippen molar-refractivity contribution in [1.29, 1.82) is 0 Å². The molecule has 28 heavy (non-hydrogen) atoms. The largest absolute Gasteiger partial charge is 0.457 e. The molecule has 0 spiro atoms. The lowest BCUT2D eigenvalue weighted by molar-refractivity contribution is -0.141. The van der Waals surface area contributed by atoms with Gasteiger partial charge in [0.1, 0.15) is 5.82 Å². The van der Waals surface area contributed by atoms with Crippen LogP contribution in [0.25, 0.3) is 0 Å². The van der Waals surface area contributed by atoms with E-state index < -0.39 is 28.2 Å². The minimum Gasteiger partial charge on any atom is -0.457 e. The highest BCUT2D eigenvalue weighted by molar-refractivity contribution is 7.91. The van der Waals surface area contributed by atoms with Crippen molar-refractivity contribution < 1.29 is 27.1 Å². The Balaban J connectivity index is 1.65. The van der Waals surface area contributed by atoms with Gasteiger partial charge in [-0.05, 0) is 44.0 Å². The van der Waals surface area contributed by atoms with Crippen LogP contribution in [0.3, 0.4) is 0 Å². The van der Waals surface area contributed by atoms with Gasteiger partial charge in [-0.25, -0.2) is 12.8 Å². The van der Waals surface area contributed by atoms with E-state index in [1.165, 1.54) is 18.2 Å². The maximum Gasteiger partial charge on any atom is 0.310 e. The smallest absolute Gasteiger partial charge is 0.310 e. The third kappa shape index (κ3) is 4.49. The van der Waals surface area contributed by atoms with Gasteiger partial charge in [0.25, 0.3) is 0 Å². The van der Waals surface area contributed by atoms with Crippen LogP contribution >= 0.6 is 0 Å². The van der Waals surface area contributed by atoms with Crippen LogP contribution in [-0.4, -0.2) is 42.9 Å². The van der Waals surface area contributed by atoms with Crippen molar-refractivity contribution >= 4 is 21.6 Å². The van der Waals surface area contributed by atoms with Gasteiger partial charge in [-0.15, -0.1) is 0 Å². The number of ether oxygens (including phenoxy) is 1. The molecule has 8 heteroatoms. The molecule has 1 aliphatic heterocycles. The van der Waals surface area contributed by atoms with E-state index >= 15 is 0 Å². The first-order valence-electron chi connectivity index (χ1n) is 8.98. The van der Waals surface area contributed by atoms with Gasteiger partial charge >= 0.3 is 5.97 Å². The number of carbonyl (C=O) groups excluding carboxylic acids is 2. The number of rotatable bonds is 6. The molecule has 0 bridgehead atoms. The third-order valence-electron chi connectivity index (χ3n) is 4.96. The topological polar surface area (TPSA) is 82.4 Å². The fraction of sp³-hybridized carbons (Fsp3) is 0.400. The molecule has 1 atom stereocenters. The van der Waals surface area contributed by atoms with Gasteiger partial charge in [0, 0.05) is 23.0 Å². The molecule has 0 radical (unpaired) electrons. The summed E-state index contributed by atoms with van der Waals surface area (Å²) >= 11 is 0. The number of hydrogen-bond donors (Lipinski definition) is 0. The monoisotopic (exact) mass is 407 g/mol. The Morgan fingerprint density at radius 3 is 2.64 bits per heavy atom. The van der Waals surface area contributed by atoms with Gasteiger partial charge in [0.05, 0.1) is 17.9 Å². The summed E-state index contributed by atoms with van der Waals surface area (Å²) in [6.07, 6.45) is 0.402. The zero-order chi connectivity index (χ0) is 20.5. The van der Waals surface area contributed by atoms with E-state index in [0.29, 0.717) is 23.2 Å². The van der Waals surface area contributed by atoms with Gasteiger partial charge in [-0.2, -0.15) is 0 Å². The third-order valence-corrected chi connectivity index (χ3v) is 6.71. The SMILES string of the molecule is Cc1cc(C(=O)COC(=O)Cc2cccc(F)c2)c(C)n1[C@@H]1CCS(=O)(=O)C1. The van der Waals surface area contributed by atoms with E-state index in [-0.39, 0.29) is 29.8 Å². The lowest BCUT2D eigenvalue weighted by Crippen LogP contribution is -2.17. The van der Waals surface area contributed by atoms with E-state index in [9.17, 15) is 22.4 Å². The first-order chi connectivity index (χ1) is 13.2. The molecule has 6 nitrogen and oxygen atoms in total. The standard InChI is InChI=1S/C20H22FNO5S/c1-13-8-18(14(2)22(13)17-6-7-28(25,26)12-17)19(23)11-27-20(24)10-15-4-3-5-16(21)9-15/h3-5,8-9,17H,6-7,10-12H2,1-2H3/t17-/m1/s1. The first kappa shape index (κ1) is 20.3. The molecule has 0 aliphatic carbocycles. The van der Waals surface area contributed by atoms with E-state index in [1.54, 1.807) is 19.1 Å². The van der Waals surface area contributed by atoms with Crippen molar-refractivity contribution in [3.05, 3.63) is 58.7 Å². The number of benzene rings is 1. The molecule has 1 aromatic heterocycles. The fourth-order valence-corrected chi connectivity index (χ4v) is 5.39. The minimum absolute atomic E-state index is 0.0691. The van der Waals surface area contributed by atoms with Crippen LogP contribution < -0.4 is 0 Å². The van der Waals surface area contributed by atoms with Crippen molar-refractivity contribution in [2.75, 3.05) is 18.1 Å². The first-order valence-corrected chi connectivity index (χ1v) is 10.8. The summed E-state index contributed by atoms with van der Waals surface area (Å²) in [5.41, 5.74) is 2.36. The molecule has 0 saturated carbocycles. The number of nitrogens with zero attached hydrogens (tertiary/aromatic N) is 1. The number of aromatic nitrogens is 1. The zero-order valence-corrected chi connectivity index (χ0v) is 16.6. The summed E-state index contributed by atoms with van der Waals surface area (Å²) < 4.78 is 43.6. The molecule has 0 amide bonds. The normalized spacial score (nSPS) is 18.2. The van der Waals surface area contributed by atoms with Crippen molar-refractivity contribution in [3.8, 4) is 0 Å². The molecule has 2 heterocycles. The Morgan fingerprint density at radius 2 is 2.00 bits per heavy atom. The lowest BCUT2D eigenvalue weighted by atomic mass is 10.1. The summed E-state index contributed by atoms with van der Waals surface area (Å²) in [4.78, 5) is 24.4.